The standard InChI is InChI=1S/C72H56N2O2/c1-43(2)59-41-65(73(63-39-49(33-31-45(63)5)47-19-9-7-10-20-47)61-27-17-25-55-51-23-13-15-29-67(51)75-71(55)61)57-38-36-54-60(44(3)4)42-66(58-37-35-53(59)69(57)70(54)58)74(64-40-50(34-32-46(64)6)48-21-11-8-12-22-48)62-28-18-26-56-52-24-14-16-30-68(52)76-72(56)62/h7-44H,1-6H3. The van der Waals surface area contributed by atoms with E-state index in [0.29, 0.717) is 0 Å². The molecular formula is C72H56N2O2. The van der Waals surface area contributed by atoms with Crippen LogP contribution in [0, 0.1) is 13.8 Å². The Morgan fingerprint density at radius 3 is 1.09 bits per heavy atom. The van der Waals surface area contributed by atoms with Crippen LogP contribution in [0.3, 0.4) is 0 Å². The smallest absolute Gasteiger partial charge is 0.159 e. The van der Waals surface area contributed by atoms with E-state index in [9.17, 15) is 0 Å². The molecule has 0 atom stereocenters. The molecule has 0 aliphatic carbocycles. The van der Waals surface area contributed by atoms with Gasteiger partial charge in [0.2, 0.25) is 0 Å². The molecule has 2 heterocycles. The van der Waals surface area contributed by atoms with Gasteiger partial charge in [-0.1, -0.05) is 198 Å². The minimum absolute atomic E-state index is 0.207. The molecule has 0 saturated heterocycles. The van der Waals surface area contributed by atoms with Gasteiger partial charge in [-0.15, -0.1) is 0 Å². The summed E-state index contributed by atoms with van der Waals surface area (Å²) in [5.74, 6) is 0.414. The number of para-hydroxylation sites is 4. The number of hydrogen-bond acceptors (Lipinski definition) is 4. The van der Waals surface area contributed by atoms with Crippen LogP contribution in [0.2, 0.25) is 0 Å². The molecule has 0 bridgehead atoms. The summed E-state index contributed by atoms with van der Waals surface area (Å²) in [6.07, 6.45) is 0. The molecule has 14 aromatic rings. The Labute approximate surface area is 443 Å². The van der Waals surface area contributed by atoms with Gasteiger partial charge in [0.15, 0.2) is 11.2 Å². The number of anilines is 6. The van der Waals surface area contributed by atoms with Gasteiger partial charge in [-0.25, -0.2) is 0 Å². The number of hydrogen-bond donors (Lipinski definition) is 0. The number of nitrogens with zero attached hydrogens (tertiary/aromatic N) is 2. The second-order valence-electron chi connectivity index (χ2n) is 21.3. The molecule has 12 aromatic carbocycles. The summed E-state index contributed by atoms with van der Waals surface area (Å²) in [6.45, 7) is 13.8. The first-order valence-corrected chi connectivity index (χ1v) is 26.7. The van der Waals surface area contributed by atoms with Crippen molar-refractivity contribution in [2.45, 2.75) is 53.4 Å². The maximum Gasteiger partial charge on any atom is 0.159 e. The lowest BCUT2D eigenvalue weighted by Gasteiger charge is -2.32. The largest absolute Gasteiger partial charge is 0.454 e. The van der Waals surface area contributed by atoms with Gasteiger partial charge in [0.25, 0.3) is 0 Å². The Morgan fingerprint density at radius 2 is 0.671 bits per heavy atom. The van der Waals surface area contributed by atoms with Gasteiger partial charge in [0.05, 0.1) is 22.7 Å². The molecule has 14 rings (SSSR count). The topological polar surface area (TPSA) is 32.8 Å². The third kappa shape index (κ3) is 7.12. The molecule has 2 aromatic heterocycles. The maximum absolute atomic E-state index is 6.97. The van der Waals surface area contributed by atoms with Gasteiger partial charge in [-0.3, -0.25) is 0 Å². The highest BCUT2D eigenvalue weighted by molar-refractivity contribution is 6.30. The van der Waals surface area contributed by atoms with E-state index in [1.807, 2.05) is 0 Å². The van der Waals surface area contributed by atoms with Crippen LogP contribution >= 0.6 is 0 Å². The molecule has 76 heavy (non-hydrogen) atoms. The fourth-order valence-corrected chi connectivity index (χ4v) is 12.3. The Kier molecular flexibility index (Phi) is 10.6. The fraction of sp³-hybridized carbons (Fsp3) is 0.111. The van der Waals surface area contributed by atoms with E-state index in [2.05, 4.69) is 270 Å². The van der Waals surface area contributed by atoms with Gasteiger partial charge >= 0.3 is 0 Å². The number of furan rings is 2. The third-order valence-corrected chi connectivity index (χ3v) is 16.0. The monoisotopic (exact) mass is 980 g/mol. The van der Waals surface area contributed by atoms with Gasteiger partial charge in [-0.2, -0.15) is 0 Å². The van der Waals surface area contributed by atoms with E-state index in [1.165, 1.54) is 54.6 Å². The average Bonchev–Trinajstić information content (AvgIpc) is 4.04. The average molecular weight is 981 g/mol. The molecule has 0 N–H and O–H groups in total. The summed E-state index contributed by atoms with van der Waals surface area (Å²) < 4.78 is 13.9. The summed E-state index contributed by atoms with van der Waals surface area (Å²) in [5, 5.41) is 11.8. The summed E-state index contributed by atoms with van der Waals surface area (Å²) >= 11 is 0. The zero-order chi connectivity index (χ0) is 51.3. The Hall–Kier alpha value is -9.12. The molecule has 0 fully saturated rings. The van der Waals surface area contributed by atoms with Crippen molar-refractivity contribution in [3.05, 3.63) is 241 Å². The highest BCUT2D eigenvalue weighted by atomic mass is 16.3. The quantitative estimate of drug-likeness (QED) is 0.128. The molecule has 0 unspecified atom stereocenters. The van der Waals surface area contributed by atoms with Crippen LogP contribution in [0.15, 0.2) is 227 Å². The predicted molar refractivity (Wildman–Crippen MR) is 323 cm³/mol. The summed E-state index contributed by atoms with van der Waals surface area (Å²) in [4.78, 5) is 5.00. The lowest BCUT2D eigenvalue weighted by atomic mass is 9.84. The molecule has 0 saturated carbocycles. The van der Waals surface area contributed by atoms with Crippen molar-refractivity contribution >= 4 is 110 Å². The van der Waals surface area contributed by atoms with Gasteiger partial charge in [-0.05, 0) is 140 Å². The molecule has 0 aliphatic rings. The molecule has 0 spiro atoms. The van der Waals surface area contributed by atoms with E-state index >= 15 is 0 Å². The number of aryl methyl sites for hydroxylation is 2. The molecule has 0 radical (unpaired) electrons. The molecule has 4 heteroatoms. The number of rotatable bonds is 10. The van der Waals surface area contributed by atoms with Crippen molar-refractivity contribution in [2.24, 2.45) is 0 Å². The van der Waals surface area contributed by atoms with Crippen LogP contribution in [-0.2, 0) is 0 Å². The van der Waals surface area contributed by atoms with Gasteiger partial charge in [0, 0.05) is 43.7 Å². The minimum Gasteiger partial charge on any atom is -0.454 e. The van der Waals surface area contributed by atoms with Gasteiger partial charge in [0.1, 0.15) is 11.2 Å². The molecule has 366 valence electrons. The van der Waals surface area contributed by atoms with Crippen molar-refractivity contribution in [3.8, 4) is 22.3 Å². The predicted octanol–water partition coefficient (Wildman–Crippen LogP) is 21.5. The van der Waals surface area contributed by atoms with Gasteiger partial charge < -0.3 is 18.6 Å². The first kappa shape index (κ1) is 45.5. The van der Waals surface area contributed by atoms with E-state index in [1.54, 1.807) is 0 Å². The molecular weight excluding hydrogens is 925 g/mol. The van der Waals surface area contributed by atoms with Crippen molar-refractivity contribution in [1.29, 1.82) is 0 Å². The minimum atomic E-state index is 0.207. The molecule has 0 aliphatic heterocycles. The van der Waals surface area contributed by atoms with E-state index < -0.39 is 0 Å². The van der Waals surface area contributed by atoms with Crippen LogP contribution in [0.4, 0.5) is 34.1 Å². The highest BCUT2D eigenvalue weighted by Gasteiger charge is 2.30. The Morgan fingerprint density at radius 1 is 0.289 bits per heavy atom. The second-order valence-corrected chi connectivity index (χ2v) is 21.3. The first-order valence-electron chi connectivity index (χ1n) is 26.7. The lowest BCUT2D eigenvalue weighted by Crippen LogP contribution is -2.14. The molecule has 4 nitrogen and oxygen atoms in total. The zero-order valence-electron chi connectivity index (χ0n) is 43.7. The van der Waals surface area contributed by atoms with Crippen molar-refractivity contribution in [1.82, 2.24) is 0 Å². The van der Waals surface area contributed by atoms with Crippen LogP contribution < -0.4 is 9.80 Å². The SMILES string of the molecule is Cc1ccc(-c2ccccc2)cc1N(c1cc(C(C)C)c2ccc3c(N(c4cc(-c5ccccc5)ccc4C)c4cccc5c4oc4ccccc45)cc(C(C)C)c4ccc1c2c43)c1cccc2c1oc1ccccc12. The summed E-state index contributed by atoms with van der Waals surface area (Å²) in [7, 11) is 0. The normalized spacial score (nSPS) is 12.1. The van der Waals surface area contributed by atoms with E-state index in [0.717, 1.165) is 100 Å². The lowest BCUT2D eigenvalue weighted by molar-refractivity contribution is 0.668. The Bertz CT molecular complexity index is 4270. The second kappa shape index (κ2) is 17.8. The highest BCUT2D eigenvalue weighted by Crippen LogP contribution is 2.54. The molecule has 0 amide bonds. The van der Waals surface area contributed by atoms with E-state index in [4.69, 9.17) is 8.83 Å². The summed E-state index contributed by atoms with van der Waals surface area (Å²) in [6, 6.07) is 79.9. The van der Waals surface area contributed by atoms with Crippen LogP contribution in [-0.4, -0.2) is 0 Å². The van der Waals surface area contributed by atoms with Crippen LogP contribution in [0.1, 0.15) is 61.8 Å². The van der Waals surface area contributed by atoms with Crippen molar-refractivity contribution < 1.29 is 8.83 Å². The summed E-state index contributed by atoms with van der Waals surface area (Å²) in [5.41, 5.74) is 19.4. The Balaban J connectivity index is 1.11. The van der Waals surface area contributed by atoms with Crippen LogP contribution in [0.5, 0.6) is 0 Å². The maximum atomic E-state index is 6.97. The third-order valence-electron chi connectivity index (χ3n) is 16.0. The number of benzene rings is 12. The van der Waals surface area contributed by atoms with E-state index in [-0.39, 0.29) is 11.8 Å². The first-order chi connectivity index (χ1) is 37.2. The van der Waals surface area contributed by atoms with Crippen molar-refractivity contribution in [3.63, 3.8) is 0 Å². The van der Waals surface area contributed by atoms with Crippen LogP contribution in [0.25, 0.3) is 98.4 Å². The number of fused-ring (bicyclic) bond motifs is 6. The fourth-order valence-electron chi connectivity index (χ4n) is 12.3. The zero-order valence-corrected chi connectivity index (χ0v) is 43.7. The van der Waals surface area contributed by atoms with Crippen molar-refractivity contribution in [2.75, 3.05) is 9.80 Å².